The second-order valence-corrected chi connectivity index (χ2v) is 5.60. The van der Waals surface area contributed by atoms with E-state index in [1.165, 1.54) is 56.2 Å². The topological polar surface area (TPSA) is 12.0 Å². The Hall–Kier alpha value is -0.980. The highest BCUT2D eigenvalue weighted by Gasteiger charge is 2.05. The highest BCUT2D eigenvalue weighted by atomic mass is 14.9. The predicted molar refractivity (Wildman–Crippen MR) is 86.8 cm³/mol. The van der Waals surface area contributed by atoms with Gasteiger partial charge in [0.2, 0.25) is 0 Å². The molecule has 0 aliphatic rings. The largest absolute Gasteiger partial charge is 0.385 e. The Morgan fingerprint density at radius 3 is 2.21 bits per heavy atom. The minimum absolute atomic E-state index is 0.819. The summed E-state index contributed by atoms with van der Waals surface area (Å²) in [4.78, 5) is 0. The van der Waals surface area contributed by atoms with Crippen molar-refractivity contribution in [3.05, 3.63) is 29.8 Å². The van der Waals surface area contributed by atoms with Crippen LogP contribution in [-0.4, -0.2) is 6.54 Å². The van der Waals surface area contributed by atoms with Crippen LogP contribution in [0.25, 0.3) is 0 Å². The molecule has 0 saturated carbocycles. The van der Waals surface area contributed by atoms with Gasteiger partial charge in [-0.25, -0.2) is 0 Å². The fraction of sp³-hybridized carbons (Fsp3) is 0.667. The van der Waals surface area contributed by atoms with Crippen molar-refractivity contribution in [1.82, 2.24) is 0 Å². The van der Waals surface area contributed by atoms with Crippen LogP contribution in [0.1, 0.15) is 64.9 Å². The van der Waals surface area contributed by atoms with Crippen LogP contribution >= 0.6 is 0 Å². The molecule has 1 aromatic carbocycles. The molecular weight excluding hydrogens is 230 g/mol. The lowest BCUT2D eigenvalue weighted by Crippen LogP contribution is -2.13. The molecule has 1 unspecified atom stereocenters. The Bertz CT molecular complexity index is 315. The normalized spacial score (nSPS) is 12.4. The molecule has 0 radical (unpaired) electrons. The number of hydrogen-bond acceptors (Lipinski definition) is 1. The average molecular weight is 261 g/mol. The van der Waals surface area contributed by atoms with Crippen molar-refractivity contribution >= 4 is 5.69 Å². The molecule has 1 nitrogen and oxygen atoms in total. The van der Waals surface area contributed by atoms with E-state index in [1.807, 2.05) is 0 Å². The van der Waals surface area contributed by atoms with Crippen LogP contribution in [0.4, 0.5) is 5.69 Å². The van der Waals surface area contributed by atoms with E-state index in [4.69, 9.17) is 0 Å². The number of hydrogen-bond donors (Lipinski definition) is 1. The fourth-order valence-electron chi connectivity index (χ4n) is 2.38. The number of rotatable bonds is 10. The van der Waals surface area contributed by atoms with Crippen LogP contribution in [0.15, 0.2) is 24.3 Å². The van der Waals surface area contributed by atoms with Crippen molar-refractivity contribution in [1.29, 1.82) is 0 Å². The highest BCUT2D eigenvalue weighted by Crippen LogP contribution is 2.16. The quantitative estimate of drug-likeness (QED) is 0.573. The van der Waals surface area contributed by atoms with E-state index in [0.29, 0.717) is 0 Å². The number of nitrogens with one attached hydrogen (secondary N) is 1. The standard InChI is InChI=1S/C18H31N/c1-4-7-9-16(6-3)15-19-18-13-11-17(12-14-18)10-8-5-2/h11-14,16,19H,4-10,15H2,1-3H3. The molecule has 1 N–H and O–H groups in total. The summed E-state index contributed by atoms with van der Waals surface area (Å²) in [6.07, 6.45) is 9.08. The molecule has 0 amide bonds. The van der Waals surface area contributed by atoms with E-state index < -0.39 is 0 Å². The summed E-state index contributed by atoms with van der Waals surface area (Å²) >= 11 is 0. The maximum atomic E-state index is 3.59. The number of unbranched alkanes of at least 4 members (excludes halogenated alkanes) is 2. The van der Waals surface area contributed by atoms with Crippen molar-refractivity contribution in [2.45, 2.75) is 65.7 Å². The van der Waals surface area contributed by atoms with Crippen molar-refractivity contribution in [2.75, 3.05) is 11.9 Å². The molecular formula is C18H31N. The van der Waals surface area contributed by atoms with Crippen LogP contribution in [0.2, 0.25) is 0 Å². The minimum Gasteiger partial charge on any atom is -0.385 e. The second kappa shape index (κ2) is 9.89. The van der Waals surface area contributed by atoms with Crippen molar-refractivity contribution < 1.29 is 0 Å². The summed E-state index contributed by atoms with van der Waals surface area (Å²) in [5.74, 6) is 0.819. The second-order valence-electron chi connectivity index (χ2n) is 5.60. The zero-order valence-corrected chi connectivity index (χ0v) is 13.0. The van der Waals surface area contributed by atoms with Crippen molar-refractivity contribution in [2.24, 2.45) is 5.92 Å². The minimum atomic E-state index is 0.819. The summed E-state index contributed by atoms with van der Waals surface area (Å²) in [7, 11) is 0. The molecule has 0 aliphatic heterocycles. The van der Waals surface area contributed by atoms with Gasteiger partial charge in [0.05, 0.1) is 0 Å². The van der Waals surface area contributed by atoms with Gasteiger partial charge in [0.1, 0.15) is 0 Å². The molecule has 1 aromatic rings. The molecule has 0 heterocycles. The summed E-state index contributed by atoms with van der Waals surface area (Å²) in [5, 5.41) is 3.59. The smallest absolute Gasteiger partial charge is 0.0340 e. The Labute approximate surface area is 119 Å². The maximum Gasteiger partial charge on any atom is 0.0340 e. The van der Waals surface area contributed by atoms with Crippen LogP contribution in [-0.2, 0) is 6.42 Å². The first-order valence-electron chi connectivity index (χ1n) is 8.12. The van der Waals surface area contributed by atoms with Gasteiger partial charge in [-0.15, -0.1) is 0 Å². The van der Waals surface area contributed by atoms with Crippen LogP contribution in [0, 0.1) is 5.92 Å². The number of anilines is 1. The third-order valence-corrected chi connectivity index (χ3v) is 3.91. The third-order valence-electron chi connectivity index (χ3n) is 3.91. The van der Waals surface area contributed by atoms with Gasteiger partial charge in [0.25, 0.3) is 0 Å². The monoisotopic (exact) mass is 261 g/mol. The van der Waals surface area contributed by atoms with E-state index in [0.717, 1.165) is 12.5 Å². The van der Waals surface area contributed by atoms with Gasteiger partial charge in [0.15, 0.2) is 0 Å². The lowest BCUT2D eigenvalue weighted by Gasteiger charge is -2.16. The molecule has 0 aliphatic carbocycles. The first-order chi connectivity index (χ1) is 9.30. The molecule has 0 saturated heterocycles. The van der Waals surface area contributed by atoms with Gasteiger partial charge in [-0.05, 0) is 42.9 Å². The van der Waals surface area contributed by atoms with Gasteiger partial charge in [-0.2, -0.15) is 0 Å². The Morgan fingerprint density at radius 1 is 0.947 bits per heavy atom. The fourth-order valence-corrected chi connectivity index (χ4v) is 2.38. The van der Waals surface area contributed by atoms with E-state index in [9.17, 15) is 0 Å². The van der Waals surface area contributed by atoms with Crippen molar-refractivity contribution in [3.63, 3.8) is 0 Å². The third kappa shape index (κ3) is 6.66. The van der Waals surface area contributed by atoms with Crippen LogP contribution < -0.4 is 5.32 Å². The zero-order valence-electron chi connectivity index (χ0n) is 13.0. The van der Waals surface area contributed by atoms with Gasteiger partial charge >= 0.3 is 0 Å². The summed E-state index contributed by atoms with van der Waals surface area (Å²) in [6, 6.07) is 9.01. The van der Waals surface area contributed by atoms with E-state index in [-0.39, 0.29) is 0 Å². The Kier molecular flexibility index (Phi) is 8.36. The average Bonchev–Trinajstić information content (AvgIpc) is 2.46. The zero-order chi connectivity index (χ0) is 13.9. The Morgan fingerprint density at radius 2 is 1.63 bits per heavy atom. The van der Waals surface area contributed by atoms with Gasteiger partial charge in [-0.3, -0.25) is 0 Å². The number of benzene rings is 1. The molecule has 0 spiro atoms. The van der Waals surface area contributed by atoms with Crippen LogP contribution in [0.3, 0.4) is 0 Å². The lowest BCUT2D eigenvalue weighted by molar-refractivity contribution is 0.473. The van der Waals surface area contributed by atoms with E-state index in [2.05, 4.69) is 50.4 Å². The Balaban J connectivity index is 2.35. The van der Waals surface area contributed by atoms with Gasteiger partial charge in [0, 0.05) is 12.2 Å². The molecule has 0 bridgehead atoms. The van der Waals surface area contributed by atoms with Crippen LogP contribution in [0.5, 0.6) is 0 Å². The van der Waals surface area contributed by atoms with E-state index >= 15 is 0 Å². The van der Waals surface area contributed by atoms with Crippen molar-refractivity contribution in [3.8, 4) is 0 Å². The molecule has 1 rings (SSSR count). The molecule has 108 valence electrons. The first kappa shape index (κ1) is 16.1. The molecule has 0 aromatic heterocycles. The predicted octanol–water partition coefficient (Wildman–Crippen LogP) is 5.66. The molecule has 19 heavy (non-hydrogen) atoms. The highest BCUT2D eigenvalue weighted by molar-refractivity contribution is 5.44. The number of aryl methyl sites for hydroxylation is 1. The summed E-state index contributed by atoms with van der Waals surface area (Å²) in [6.45, 7) is 7.94. The first-order valence-corrected chi connectivity index (χ1v) is 8.12. The summed E-state index contributed by atoms with van der Waals surface area (Å²) in [5.41, 5.74) is 2.74. The molecule has 0 fully saturated rings. The molecule has 1 atom stereocenters. The molecule has 1 heteroatoms. The maximum absolute atomic E-state index is 3.59. The lowest BCUT2D eigenvalue weighted by atomic mass is 9.99. The SMILES string of the molecule is CCCCc1ccc(NCC(CC)CCCC)cc1. The van der Waals surface area contributed by atoms with E-state index in [1.54, 1.807) is 0 Å². The summed E-state index contributed by atoms with van der Waals surface area (Å²) < 4.78 is 0. The van der Waals surface area contributed by atoms with Gasteiger partial charge in [-0.1, -0.05) is 58.6 Å². The van der Waals surface area contributed by atoms with Gasteiger partial charge < -0.3 is 5.32 Å².